The zero-order valence-electron chi connectivity index (χ0n) is 13.2. The van der Waals surface area contributed by atoms with Crippen LogP contribution in [0, 0.1) is 16.7 Å². The Kier molecular flexibility index (Phi) is 4.67. The molecule has 0 saturated heterocycles. The first-order valence-electron chi connectivity index (χ1n) is 6.92. The molecule has 1 N–H and O–H groups in total. The molecule has 1 aromatic heterocycles. The van der Waals surface area contributed by atoms with E-state index in [0.717, 1.165) is 23.5 Å². The summed E-state index contributed by atoms with van der Waals surface area (Å²) in [7, 11) is 0. The predicted molar refractivity (Wildman–Crippen MR) is 85.4 cm³/mol. The molecule has 4 nitrogen and oxygen atoms in total. The van der Waals surface area contributed by atoms with Gasteiger partial charge in [0.15, 0.2) is 5.13 Å². The van der Waals surface area contributed by atoms with E-state index in [-0.39, 0.29) is 27.2 Å². The van der Waals surface area contributed by atoms with E-state index in [2.05, 4.69) is 10.3 Å². The van der Waals surface area contributed by atoms with E-state index in [9.17, 15) is 23.2 Å². The molecule has 0 radical (unpaired) electrons. The number of rotatable bonds is 2. The fourth-order valence-corrected chi connectivity index (χ4v) is 2.55. The van der Waals surface area contributed by atoms with Gasteiger partial charge in [-0.1, -0.05) is 44.2 Å². The smallest absolute Gasteiger partial charge is 0.301 e. The quantitative estimate of drug-likeness (QED) is 0.852. The van der Waals surface area contributed by atoms with Gasteiger partial charge in [0.1, 0.15) is 16.6 Å². The number of carbonyl (C=O) groups excluding carboxylic acids is 1. The Morgan fingerprint density at radius 1 is 1.29 bits per heavy atom. The van der Waals surface area contributed by atoms with Gasteiger partial charge in [0, 0.05) is 11.0 Å². The second-order valence-electron chi connectivity index (χ2n) is 6.09. The Labute approximate surface area is 141 Å². The van der Waals surface area contributed by atoms with Gasteiger partial charge in [-0.3, -0.25) is 4.79 Å². The maximum Gasteiger partial charge on any atom is 0.416 e. The summed E-state index contributed by atoms with van der Waals surface area (Å²) < 4.78 is 38.5. The van der Waals surface area contributed by atoms with Crippen LogP contribution in [0.15, 0.2) is 24.3 Å². The van der Waals surface area contributed by atoms with E-state index in [1.165, 1.54) is 12.1 Å². The molecule has 0 saturated carbocycles. The number of hydrogen-bond donors (Lipinski definition) is 1. The average molecular weight is 353 g/mol. The van der Waals surface area contributed by atoms with Crippen LogP contribution in [0.3, 0.4) is 0 Å². The second-order valence-corrected chi connectivity index (χ2v) is 7.09. The summed E-state index contributed by atoms with van der Waals surface area (Å²) in [6.07, 6.45) is -4.48. The molecule has 1 aromatic carbocycles. The largest absolute Gasteiger partial charge is 0.416 e. The van der Waals surface area contributed by atoms with Crippen molar-refractivity contribution in [2.24, 2.45) is 5.41 Å². The van der Waals surface area contributed by atoms with Crippen molar-refractivity contribution < 1.29 is 18.0 Å². The summed E-state index contributed by atoms with van der Waals surface area (Å²) in [5.41, 5.74) is -1.18. The highest BCUT2D eigenvalue weighted by molar-refractivity contribution is 7.16. The number of alkyl halides is 3. The number of nitrogens with zero attached hydrogens (tertiary/aromatic N) is 2. The van der Waals surface area contributed by atoms with E-state index in [0.29, 0.717) is 0 Å². The van der Waals surface area contributed by atoms with Crippen molar-refractivity contribution in [3.63, 3.8) is 0 Å². The van der Waals surface area contributed by atoms with Gasteiger partial charge in [-0.2, -0.15) is 18.4 Å². The fourth-order valence-electron chi connectivity index (χ4n) is 1.77. The maximum atomic E-state index is 12.8. The zero-order valence-corrected chi connectivity index (χ0v) is 14.0. The standard InChI is InChI=1S/C16H14F3N3OS/c1-15(2,3)13(23)22-14-21-12(11(8-20)24-14)9-5-4-6-10(7-9)16(17,18)19/h4-7H,1-3H3,(H,21,22,23). The van der Waals surface area contributed by atoms with Crippen molar-refractivity contribution in [3.8, 4) is 17.3 Å². The number of amides is 1. The monoisotopic (exact) mass is 353 g/mol. The van der Waals surface area contributed by atoms with E-state index in [1.54, 1.807) is 20.8 Å². The Morgan fingerprint density at radius 2 is 1.96 bits per heavy atom. The van der Waals surface area contributed by atoms with Crippen LogP contribution in [-0.4, -0.2) is 10.9 Å². The number of benzene rings is 1. The second kappa shape index (κ2) is 6.24. The summed E-state index contributed by atoms with van der Waals surface area (Å²) in [5.74, 6) is -0.295. The van der Waals surface area contributed by atoms with Gasteiger partial charge in [0.25, 0.3) is 0 Å². The summed E-state index contributed by atoms with van der Waals surface area (Å²) in [5, 5.41) is 12.0. The minimum atomic E-state index is -4.48. The molecular weight excluding hydrogens is 339 g/mol. The highest BCUT2D eigenvalue weighted by Crippen LogP contribution is 2.35. The van der Waals surface area contributed by atoms with E-state index in [4.69, 9.17) is 0 Å². The van der Waals surface area contributed by atoms with E-state index < -0.39 is 17.2 Å². The summed E-state index contributed by atoms with van der Waals surface area (Å²) in [6.45, 7) is 5.15. The number of hydrogen-bond acceptors (Lipinski definition) is 4. The van der Waals surface area contributed by atoms with Gasteiger partial charge in [-0.05, 0) is 12.1 Å². The highest BCUT2D eigenvalue weighted by Gasteiger charge is 2.31. The number of anilines is 1. The lowest BCUT2D eigenvalue weighted by Gasteiger charge is -2.15. The van der Waals surface area contributed by atoms with E-state index >= 15 is 0 Å². The van der Waals surface area contributed by atoms with Crippen LogP contribution in [0.4, 0.5) is 18.3 Å². The van der Waals surface area contributed by atoms with Crippen LogP contribution in [0.2, 0.25) is 0 Å². The number of thiazole rings is 1. The zero-order chi connectivity index (χ0) is 18.1. The summed E-state index contributed by atoms with van der Waals surface area (Å²) in [6, 6.07) is 6.49. The van der Waals surface area contributed by atoms with Crippen molar-refractivity contribution in [2.45, 2.75) is 26.9 Å². The lowest BCUT2D eigenvalue weighted by molar-refractivity contribution is -0.137. The summed E-state index contributed by atoms with van der Waals surface area (Å²) in [4.78, 5) is 16.3. The SMILES string of the molecule is CC(C)(C)C(=O)Nc1nc(-c2cccc(C(F)(F)F)c2)c(C#N)s1. The third-order valence-electron chi connectivity index (χ3n) is 3.09. The first-order valence-corrected chi connectivity index (χ1v) is 7.74. The minimum Gasteiger partial charge on any atom is -0.301 e. The first-order chi connectivity index (χ1) is 11.0. The molecule has 0 aliphatic heterocycles. The van der Waals surface area contributed by atoms with Crippen LogP contribution in [0.1, 0.15) is 31.2 Å². The maximum absolute atomic E-state index is 12.8. The average Bonchev–Trinajstić information content (AvgIpc) is 2.88. The van der Waals surface area contributed by atoms with Crippen molar-refractivity contribution in [1.82, 2.24) is 4.98 Å². The number of carbonyl (C=O) groups is 1. The molecule has 0 unspecified atom stereocenters. The van der Waals surface area contributed by atoms with Crippen LogP contribution >= 0.6 is 11.3 Å². The molecule has 0 bridgehead atoms. The molecule has 126 valence electrons. The van der Waals surface area contributed by atoms with Crippen molar-refractivity contribution in [1.29, 1.82) is 5.26 Å². The third-order valence-corrected chi connectivity index (χ3v) is 3.97. The molecule has 0 atom stereocenters. The van der Waals surface area contributed by atoms with Gasteiger partial charge in [-0.15, -0.1) is 0 Å². The Morgan fingerprint density at radius 3 is 2.50 bits per heavy atom. The topological polar surface area (TPSA) is 65.8 Å². The normalized spacial score (nSPS) is 11.9. The Hall–Kier alpha value is -2.40. The van der Waals surface area contributed by atoms with Crippen LogP contribution < -0.4 is 5.32 Å². The first kappa shape index (κ1) is 17.9. The predicted octanol–water partition coefficient (Wildman–Crippen LogP) is 4.69. The molecule has 1 amide bonds. The molecule has 0 aliphatic rings. The van der Waals surface area contributed by atoms with Crippen LogP contribution in [-0.2, 0) is 11.0 Å². The Bertz CT molecular complexity index is 813. The van der Waals surface area contributed by atoms with Gasteiger partial charge in [0.05, 0.1) is 5.56 Å². The number of aromatic nitrogens is 1. The van der Waals surface area contributed by atoms with Crippen molar-refractivity contribution >= 4 is 22.4 Å². The van der Waals surface area contributed by atoms with Gasteiger partial charge >= 0.3 is 6.18 Å². The molecular formula is C16H14F3N3OS. The molecule has 2 rings (SSSR count). The molecule has 1 heterocycles. The molecule has 8 heteroatoms. The van der Waals surface area contributed by atoms with Gasteiger partial charge in [0.2, 0.25) is 5.91 Å². The minimum absolute atomic E-state index is 0.123. The lowest BCUT2D eigenvalue weighted by atomic mass is 9.96. The number of halogens is 3. The van der Waals surface area contributed by atoms with Gasteiger partial charge in [-0.25, -0.2) is 4.98 Å². The van der Waals surface area contributed by atoms with Crippen molar-refractivity contribution in [2.75, 3.05) is 5.32 Å². The third kappa shape index (κ3) is 3.92. The molecule has 24 heavy (non-hydrogen) atoms. The fraction of sp³-hybridized carbons (Fsp3) is 0.312. The van der Waals surface area contributed by atoms with Gasteiger partial charge < -0.3 is 5.32 Å². The Balaban J connectivity index is 2.42. The number of nitrogens with one attached hydrogen (secondary N) is 1. The summed E-state index contributed by atoms with van der Waals surface area (Å²) >= 11 is 0.927. The highest BCUT2D eigenvalue weighted by atomic mass is 32.1. The molecule has 2 aromatic rings. The van der Waals surface area contributed by atoms with Crippen LogP contribution in [0.25, 0.3) is 11.3 Å². The lowest BCUT2D eigenvalue weighted by Crippen LogP contribution is -2.27. The molecule has 0 fully saturated rings. The van der Waals surface area contributed by atoms with Crippen LogP contribution in [0.5, 0.6) is 0 Å². The number of nitriles is 1. The molecule has 0 aliphatic carbocycles. The van der Waals surface area contributed by atoms with E-state index in [1.807, 2.05) is 6.07 Å². The van der Waals surface area contributed by atoms with Crippen molar-refractivity contribution in [3.05, 3.63) is 34.7 Å². The molecule has 0 spiro atoms.